The molecule has 0 spiro atoms. The predicted octanol–water partition coefficient (Wildman–Crippen LogP) is 24.8. The lowest BCUT2D eigenvalue weighted by Gasteiger charge is -2.18. The fraction of sp³-hybridized carbons (Fsp3) is 0.753. The zero-order valence-corrected chi connectivity index (χ0v) is 54.9. The number of ether oxygens (including phenoxy) is 3. The molecule has 0 fully saturated rings. The normalized spacial score (nSPS) is 12.7. The quantitative estimate of drug-likeness (QED) is 0.0261. The Morgan fingerprint density at radius 3 is 0.807 bits per heavy atom. The first-order valence-electron chi connectivity index (χ1n) is 35.7. The van der Waals surface area contributed by atoms with Crippen LogP contribution in [0, 0.1) is 0 Å². The Bertz CT molecular complexity index is 1610. The average Bonchev–Trinajstić information content (AvgIpc) is 3.49. The molecule has 0 N–H and O–H groups in total. The van der Waals surface area contributed by atoms with Gasteiger partial charge in [-0.05, 0) is 83.5 Å². The number of rotatable bonds is 65. The number of carbonyl (C=O) groups is 3. The van der Waals surface area contributed by atoms with Crippen LogP contribution in [-0.4, -0.2) is 37.2 Å². The van der Waals surface area contributed by atoms with E-state index in [0.29, 0.717) is 19.3 Å². The fourth-order valence-corrected chi connectivity index (χ4v) is 10.3. The van der Waals surface area contributed by atoms with Crippen LogP contribution < -0.4 is 0 Å². The number of hydrogen-bond acceptors (Lipinski definition) is 6. The summed E-state index contributed by atoms with van der Waals surface area (Å²) in [6, 6.07) is 0. The fourth-order valence-electron chi connectivity index (χ4n) is 10.3. The smallest absolute Gasteiger partial charge is 0.306 e. The summed E-state index contributed by atoms with van der Waals surface area (Å²) in [7, 11) is 0. The lowest BCUT2D eigenvalue weighted by molar-refractivity contribution is -0.166. The number of allylic oxidation sites excluding steroid dienone is 16. The standard InChI is InChI=1S/C77H134O6/c1-4-7-10-13-16-19-22-25-27-29-31-32-33-34-35-36-37-38-39-40-41-42-43-44-46-47-49-52-55-58-61-64-67-70-76(79)82-73-74(72-81-75(78)69-66-63-60-57-54-51-24-21-18-15-12-9-6-3)83-77(80)71-68-65-62-59-56-53-50-48-45-30-28-26-23-20-17-14-11-8-5-2/h8-9,11-12,17-18,20-21,26,28,45,48,51,54,60,63,74H,4-7,10,13-16,19,22-25,27,29-44,46-47,49-50,52-53,55-59,61-62,64-73H2,1-3H3/b11-8-,12-9-,20-17-,21-18-,28-26-,48-45-,54-51-,63-60-. The van der Waals surface area contributed by atoms with E-state index < -0.39 is 6.10 Å². The summed E-state index contributed by atoms with van der Waals surface area (Å²) >= 11 is 0. The molecule has 0 amide bonds. The molecule has 1 unspecified atom stereocenters. The number of esters is 3. The van der Waals surface area contributed by atoms with E-state index in [4.69, 9.17) is 14.2 Å². The number of unbranched alkanes of at least 4 members (excludes halogenated alkanes) is 38. The average molecular weight is 1160 g/mol. The Labute approximate surface area is 515 Å². The van der Waals surface area contributed by atoms with Crippen LogP contribution in [0.2, 0.25) is 0 Å². The number of carbonyl (C=O) groups excluding carboxylic acids is 3. The topological polar surface area (TPSA) is 78.9 Å². The van der Waals surface area contributed by atoms with E-state index in [1.54, 1.807) is 0 Å². The second kappa shape index (κ2) is 70.8. The van der Waals surface area contributed by atoms with Gasteiger partial charge in [0.15, 0.2) is 6.10 Å². The Hall–Kier alpha value is -3.67. The van der Waals surface area contributed by atoms with Gasteiger partial charge in [-0.2, -0.15) is 0 Å². The summed E-state index contributed by atoms with van der Waals surface area (Å²) in [4.78, 5) is 38.3. The van der Waals surface area contributed by atoms with Crippen LogP contribution in [0.4, 0.5) is 0 Å². The van der Waals surface area contributed by atoms with E-state index in [-0.39, 0.29) is 37.5 Å². The lowest BCUT2D eigenvalue weighted by Crippen LogP contribution is -2.30. The summed E-state index contributed by atoms with van der Waals surface area (Å²) in [5.74, 6) is -0.990. The van der Waals surface area contributed by atoms with Gasteiger partial charge in [0.05, 0.1) is 0 Å². The van der Waals surface area contributed by atoms with E-state index >= 15 is 0 Å². The SMILES string of the molecule is CC/C=C\C/C=C\C/C=C\C/C=C\CCCCCCCCC(=O)OC(COC(=O)CC/C=C\C/C=C\C/C=C\C/C=C\CC)COC(=O)CCCCCCCCCCCCCCCCCCCCCCCCCCCCCCCCCCC. The molecule has 0 heterocycles. The van der Waals surface area contributed by atoms with Gasteiger partial charge >= 0.3 is 17.9 Å². The zero-order valence-electron chi connectivity index (χ0n) is 54.9. The van der Waals surface area contributed by atoms with Crippen molar-refractivity contribution in [1.29, 1.82) is 0 Å². The maximum absolute atomic E-state index is 12.9. The second-order valence-electron chi connectivity index (χ2n) is 23.7. The van der Waals surface area contributed by atoms with Crippen LogP contribution in [-0.2, 0) is 28.6 Å². The van der Waals surface area contributed by atoms with Crippen LogP contribution in [0.5, 0.6) is 0 Å². The highest BCUT2D eigenvalue weighted by Crippen LogP contribution is 2.18. The van der Waals surface area contributed by atoms with Crippen molar-refractivity contribution in [2.75, 3.05) is 13.2 Å². The molecule has 0 radical (unpaired) electrons. The summed E-state index contributed by atoms with van der Waals surface area (Å²) in [6.07, 6.45) is 96.3. The van der Waals surface area contributed by atoms with Gasteiger partial charge in [0.1, 0.15) is 13.2 Å². The van der Waals surface area contributed by atoms with Gasteiger partial charge < -0.3 is 14.2 Å². The van der Waals surface area contributed by atoms with E-state index in [2.05, 4.69) is 112 Å². The van der Waals surface area contributed by atoms with E-state index in [9.17, 15) is 14.4 Å². The molecule has 0 rings (SSSR count). The van der Waals surface area contributed by atoms with Gasteiger partial charge in [0.2, 0.25) is 0 Å². The summed E-state index contributed by atoms with van der Waals surface area (Å²) < 4.78 is 16.9. The highest BCUT2D eigenvalue weighted by molar-refractivity contribution is 5.71. The second-order valence-corrected chi connectivity index (χ2v) is 23.7. The van der Waals surface area contributed by atoms with Crippen molar-refractivity contribution in [2.24, 2.45) is 0 Å². The molecule has 0 aromatic heterocycles. The molecular weight excluding hydrogens is 1020 g/mol. The van der Waals surface area contributed by atoms with Crippen LogP contribution in [0.1, 0.15) is 355 Å². The third-order valence-electron chi connectivity index (χ3n) is 15.6. The summed E-state index contributed by atoms with van der Waals surface area (Å²) in [5, 5.41) is 0. The van der Waals surface area contributed by atoms with Crippen LogP contribution in [0.15, 0.2) is 97.2 Å². The van der Waals surface area contributed by atoms with Crippen molar-refractivity contribution in [2.45, 2.75) is 361 Å². The van der Waals surface area contributed by atoms with Crippen LogP contribution in [0.25, 0.3) is 0 Å². The molecule has 0 saturated carbocycles. The first kappa shape index (κ1) is 79.3. The van der Waals surface area contributed by atoms with Gasteiger partial charge in [-0.15, -0.1) is 0 Å². The van der Waals surface area contributed by atoms with Gasteiger partial charge in [0.25, 0.3) is 0 Å². The first-order valence-corrected chi connectivity index (χ1v) is 35.7. The molecular formula is C77H134O6. The van der Waals surface area contributed by atoms with Crippen molar-refractivity contribution in [3.8, 4) is 0 Å². The minimum absolute atomic E-state index is 0.104. The molecule has 0 aliphatic rings. The van der Waals surface area contributed by atoms with Gasteiger partial charge in [0, 0.05) is 19.3 Å². The van der Waals surface area contributed by atoms with Gasteiger partial charge in [-0.25, -0.2) is 0 Å². The van der Waals surface area contributed by atoms with Crippen molar-refractivity contribution in [3.05, 3.63) is 97.2 Å². The monoisotopic (exact) mass is 1160 g/mol. The van der Waals surface area contributed by atoms with Gasteiger partial charge in [-0.1, -0.05) is 349 Å². The Balaban J connectivity index is 4.18. The van der Waals surface area contributed by atoms with Crippen LogP contribution in [0.3, 0.4) is 0 Å². The Morgan fingerprint density at radius 1 is 0.253 bits per heavy atom. The van der Waals surface area contributed by atoms with E-state index in [1.165, 1.54) is 205 Å². The molecule has 0 aliphatic heterocycles. The molecule has 0 aliphatic carbocycles. The Morgan fingerprint density at radius 2 is 0.494 bits per heavy atom. The largest absolute Gasteiger partial charge is 0.462 e. The maximum atomic E-state index is 12.9. The molecule has 0 saturated heterocycles. The van der Waals surface area contributed by atoms with Gasteiger partial charge in [-0.3, -0.25) is 14.4 Å². The highest BCUT2D eigenvalue weighted by Gasteiger charge is 2.19. The number of hydrogen-bond donors (Lipinski definition) is 0. The molecule has 1 atom stereocenters. The minimum atomic E-state index is -0.815. The molecule has 6 nitrogen and oxygen atoms in total. The van der Waals surface area contributed by atoms with Crippen molar-refractivity contribution in [3.63, 3.8) is 0 Å². The molecule has 0 bridgehead atoms. The van der Waals surface area contributed by atoms with Crippen LogP contribution >= 0.6 is 0 Å². The first-order chi connectivity index (χ1) is 41.0. The third kappa shape index (κ3) is 69.0. The molecule has 0 aromatic carbocycles. The van der Waals surface area contributed by atoms with Crippen molar-refractivity contribution in [1.82, 2.24) is 0 Å². The molecule has 83 heavy (non-hydrogen) atoms. The molecule has 0 aromatic rings. The molecule has 6 heteroatoms. The summed E-state index contributed by atoms with van der Waals surface area (Å²) in [5.41, 5.74) is 0. The Kier molecular flexibility index (Phi) is 67.7. The maximum Gasteiger partial charge on any atom is 0.306 e. The highest BCUT2D eigenvalue weighted by atomic mass is 16.6. The lowest BCUT2D eigenvalue weighted by atomic mass is 10.0. The van der Waals surface area contributed by atoms with E-state index in [1.807, 2.05) is 6.08 Å². The van der Waals surface area contributed by atoms with Crippen molar-refractivity contribution >= 4 is 17.9 Å². The predicted molar refractivity (Wildman–Crippen MR) is 362 cm³/mol. The minimum Gasteiger partial charge on any atom is -0.462 e. The third-order valence-corrected chi connectivity index (χ3v) is 15.6. The molecule has 478 valence electrons. The summed E-state index contributed by atoms with van der Waals surface area (Å²) in [6.45, 7) is 6.38. The van der Waals surface area contributed by atoms with E-state index in [0.717, 1.165) is 103 Å². The zero-order chi connectivity index (χ0) is 59.9. The van der Waals surface area contributed by atoms with Crippen molar-refractivity contribution < 1.29 is 28.6 Å².